The molecule has 11 heteroatoms. The number of rotatable bonds is 10. The molecule has 3 rings (SSSR count). The number of benzene rings is 2. The molecule has 0 bridgehead atoms. The van der Waals surface area contributed by atoms with Gasteiger partial charge in [0, 0.05) is 18.7 Å². The van der Waals surface area contributed by atoms with E-state index in [0.717, 1.165) is 22.9 Å². The van der Waals surface area contributed by atoms with Gasteiger partial charge in [-0.2, -0.15) is 4.31 Å². The first-order valence-corrected chi connectivity index (χ1v) is 12.7. The third-order valence-electron chi connectivity index (χ3n) is 4.79. The summed E-state index contributed by atoms with van der Waals surface area (Å²) in [5.74, 6) is 0.348. The van der Waals surface area contributed by atoms with Gasteiger partial charge in [0.15, 0.2) is 0 Å². The topological polar surface area (TPSA) is 115 Å². The van der Waals surface area contributed by atoms with E-state index in [0.29, 0.717) is 24.7 Å². The maximum Gasteiger partial charge on any atom is 0.277 e. The largest absolute Gasteiger partial charge is 0.495 e. The number of aromatic nitrogens is 2. The Hall–Kier alpha value is -2.89. The fourth-order valence-corrected chi connectivity index (χ4v) is 5.18. The van der Waals surface area contributed by atoms with Gasteiger partial charge in [-0.3, -0.25) is 4.79 Å². The third-order valence-corrected chi connectivity index (χ3v) is 7.65. The van der Waals surface area contributed by atoms with Crippen LogP contribution in [0.5, 0.6) is 5.75 Å². The zero-order chi connectivity index (χ0) is 24.0. The molecule has 1 aromatic heterocycles. The average molecular weight is 491 g/mol. The molecule has 3 aromatic rings. The Kier molecular flexibility index (Phi) is 8.11. The van der Waals surface area contributed by atoms with E-state index in [1.165, 1.54) is 29.6 Å². The lowest BCUT2D eigenvalue weighted by molar-refractivity contribution is -0.113. The van der Waals surface area contributed by atoms with Crippen LogP contribution in [0.2, 0.25) is 0 Å². The molecule has 1 N–H and O–H groups in total. The Bertz CT molecular complexity index is 1220. The van der Waals surface area contributed by atoms with Crippen LogP contribution in [0.4, 0.5) is 5.69 Å². The van der Waals surface area contributed by atoms with Crippen LogP contribution < -0.4 is 10.1 Å². The van der Waals surface area contributed by atoms with Gasteiger partial charge in [0.05, 0.1) is 23.4 Å². The number of aryl methyl sites for hydroxylation is 1. The number of nitrogens with one attached hydrogen (secondary N) is 1. The van der Waals surface area contributed by atoms with E-state index in [2.05, 4.69) is 15.5 Å². The number of nitrogens with zero attached hydrogens (tertiary/aromatic N) is 3. The van der Waals surface area contributed by atoms with Gasteiger partial charge in [0.25, 0.3) is 5.22 Å². The van der Waals surface area contributed by atoms with Crippen molar-refractivity contribution in [3.8, 4) is 17.2 Å². The van der Waals surface area contributed by atoms with E-state index in [1.54, 1.807) is 13.8 Å². The SMILES string of the molecule is CCN(CC)S(=O)(=O)c1ccc(OC)c(NC(=O)CSc2nnc(-c3cccc(C)c3)o2)c1. The van der Waals surface area contributed by atoms with Gasteiger partial charge < -0.3 is 14.5 Å². The summed E-state index contributed by atoms with van der Waals surface area (Å²) >= 11 is 1.08. The highest BCUT2D eigenvalue weighted by Crippen LogP contribution is 2.30. The van der Waals surface area contributed by atoms with Gasteiger partial charge in [0.2, 0.25) is 21.8 Å². The van der Waals surface area contributed by atoms with E-state index in [-0.39, 0.29) is 27.5 Å². The summed E-state index contributed by atoms with van der Waals surface area (Å²) < 4.78 is 37.9. The lowest BCUT2D eigenvalue weighted by Crippen LogP contribution is -2.30. The number of thioether (sulfide) groups is 1. The van der Waals surface area contributed by atoms with Crippen LogP contribution in [0.15, 0.2) is 57.0 Å². The van der Waals surface area contributed by atoms with E-state index < -0.39 is 10.0 Å². The van der Waals surface area contributed by atoms with E-state index in [9.17, 15) is 13.2 Å². The van der Waals surface area contributed by atoms with Gasteiger partial charge in [-0.25, -0.2) is 8.42 Å². The monoisotopic (exact) mass is 490 g/mol. The maximum absolute atomic E-state index is 12.8. The molecule has 0 aliphatic carbocycles. The van der Waals surface area contributed by atoms with Crippen molar-refractivity contribution in [2.45, 2.75) is 30.9 Å². The van der Waals surface area contributed by atoms with Crippen molar-refractivity contribution in [2.75, 3.05) is 31.3 Å². The second-order valence-corrected chi connectivity index (χ2v) is 9.90. The number of amides is 1. The molecule has 0 aliphatic heterocycles. The Balaban J connectivity index is 1.70. The van der Waals surface area contributed by atoms with E-state index in [4.69, 9.17) is 9.15 Å². The molecule has 0 fully saturated rings. The molecule has 0 aliphatic rings. The molecule has 0 unspecified atom stereocenters. The highest BCUT2D eigenvalue weighted by molar-refractivity contribution is 7.99. The van der Waals surface area contributed by atoms with Crippen molar-refractivity contribution in [3.63, 3.8) is 0 Å². The summed E-state index contributed by atoms with van der Waals surface area (Å²) in [5, 5.41) is 11.0. The number of sulfonamides is 1. The molecule has 9 nitrogen and oxygen atoms in total. The van der Waals surface area contributed by atoms with Gasteiger partial charge in [0.1, 0.15) is 5.75 Å². The standard InChI is InChI=1S/C22H26N4O5S2/c1-5-26(6-2)33(28,29)17-10-11-19(30-4)18(13-17)23-20(27)14-32-22-25-24-21(31-22)16-9-7-8-15(3)12-16/h7-13H,5-6,14H2,1-4H3,(H,23,27). The predicted octanol–water partition coefficient (Wildman–Crippen LogP) is 3.81. The molecular weight excluding hydrogens is 464 g/mol. The lowest BCUT2D eigenvalue weighted by Gasteiger charge is -2.19. The number of ether oxygens (including phenoxy) is 1. The third kappa shape index (κ3) is 5.92. The summed E-state index contributed by atoms with van der Waals surface area (Å²) in [6.07, 6.45) is 0. The zero-order valence-corrected chi connectivity index (χ0v) is 20.5. The number of carbonyl (C=O) groups excluding carboxylic acids is 1. The maximum atomic E-state index is 12.8. The summed E-state index contributed by atoms with van der Waals surface area (Å²) in [5.41, 5.74) is 2.13. The van der Waals surface area contributed by atoms with Crippen LogP contribution >= 0.6 is 11.8 Å². The first-order valence-electron chi connectivity index (χ1n) is 10.3. The number of hydrogen-bond acceptors (Lipinski definition) is 8. The van der Waals surface area contributed by atoms with Crippen molar-refractivity contribution in [1.82, 2.24) is 14.5 Å². The van der Waals surface area contributed by atoms with Gasteiger partial charge in [-0.15, -0.1) is 10.2 Å². The van der Waals surface area contributed by atoms with Crippen LogP contribution in [0.25, 0.3) is 11.5 Å². The molecule has 2 aromatic carbocycles. The van der Waals surface area contributed by atoms with Crippen LogP contribution in [-0.2, 0) is 14.8 Å². The predicted molar refractivity (Wildman–Crippen MR) is 127 cm³/mol. The van der Waals surface area contributed by atoms with Gasteiger partial charge >= 0.3 is 0 Å². The van der Waals surface area contributed by atoms with Crippen molar-refractivity contribution < 1.29 is 22.4 Å². The minimum atomic E-state index is -3.68. The Morgan fingerprint density at radius 3 is 2.58 bits per heavy atom. The minimum Gasteiger partial charge on any atom is -0.495 e. The van der Waals surface area contributed by atoms with Crippen molar-refractivity contribution in [1.29, 1.82) is 0 Å². The first kappa shape index (κ1) is 24.7. The van der Waals surface area contributed by atoms with Gasteiger partial charge in [-0.1, -0.05) is 43.3 Å². The zero-order valence-electron chi connectivity index (χ0n) is 18.9. The fraction of sp³-hybridized carbons (Fsp3) is 0.318. The number of methoxy groups -OCH3 is 1. The van der Waals surface area contributed by atoms with Crippen molar-refractivity contribution in [3.05, 3.63) is 48.0 Å². The fourth-order valence-electron chi connectivity index (χ4n) is 3.13. The van der Waals surface area contributed by atoms with Crippen molar-refractivity contribution in [2.24, 2.45) is 0 Å². The van der Waals surface area contributed by atoms with Gasteiger partial charge in [-0.05, 0) is 37.3 Å². The normalized spacial score (nSPS) is 11.5. The summed E-state index contributed by atoms with van der Waals surface area (Å²) in [4.78, 5) is 12.6. The minimum absolute atomic E-state index is 0.00831. The van der Waals surface area contributed by atoms with Crippen LogP contribution in [-0.4, -0.2) is 54.8 Å². The molecule has 0 saturated heterocycles. The molecule has 1 heterocycles. The lowest BCUT2D eigenvalue weighted by atomic mass is 10.1. The summed E-state index contributed by atoms with van der Waals surface area (Å²) in [7, 11) is -2.23. The number of anilines is 1. The molecule has 0 saturated carbocycles. The molecular formula is C22H26N4O5S2. The Morgan fingerprint density at radius 1 is 1.15 bits per heavy atom. The highest BCUT2D eigenvalue weighted by atomic mass is 32.2. The first-order chi connectivity index (χ1) is 15.8. The molecule has 0 spiro atoms. The average Bonchev–Trinajstić information content (AvgIpc) is 3.27. The molecule has 1 amide bonds. The summed E-state index contributed by atoms with van der Waals surface area (Å²) in [6, 6.07) is 12.0. The second-order valence-electron chi connectivity index (χ2n) is 7.03. The quantitative estimate of drug-likeness (QED) is 0.427. The molecule has 176 valence electrons. The number of hydrogen-bond donors (Lipinski definition) is 1. The number of carbonyl (C=O) groups is 1. The van der Waals surface area contributed by atoms with Crippen molar-refractivity contribution >= 4 is 33.4 Å². The molecule has 0 radical (unpaired) electrons. The molecule has 33 heavy (non-hydrogen) atoms. The van der Waals surface area contributed by atoms with Crippen LogP contribution in [0.3, 0.4) is 0 Å². The smallest absolute Gasteiger partial charge is 0.277 e. The molecule has 0 atom stereocenters. The highest BCUT2D eigenvalue weighted by Gasteiger charge is 2.23. The van der Waals surface area contributed by atoms with Crippen LogP contribution in [0.1, 0.15) is 19.4 Å². The van der Waals surface area contributed by atoms with Crippen LogP contribution in [0, 0.1) is 6.92 Å². The van der Waals surface area contributed by atoms with E-state index in [1.807, 2.05) is 31.2 Å². The summed E-state index contributed by atoms with van der Waals surface area (Å²) in [6.45, 7) is 6.20. The Morgan fingerprint density at radius 2 is 1.91 bits per heavy atom. The van der Waals surface area contributed by atoms with E-state index >= 15 is 0 Å². The second kappa shape index (κ2) is 10.8. The Labute approximate surface area is 197 Å².